The van der Waals surface area contributed by atoms with E-state index in [2.05, 4.69) is 0 Å². The molecular formula is C14H10ClFN2O. The molecule has 96 valence electrons. The van der Waals surface area contributed by atoms with Gasteiger partial charge in [0, 0.05) is 5.69 Å². The number of nitrogens with zero attached hydrogens (tertiary/aromatic N) is 1. The van der Waals surface area contributed by atoms with Crippen molar-refractivity contribution in [3.63, 3.8) is 0 Å². The fraction of sp³-hybridized carbons (Fsp3) is 0.0714. The SMILES string of the molecule is N#Cc1cc(F)cc(COc2ccc(N)cc2Cl)c1. The Balaban J connectivity index is 2.14. The number of benzene rings is 2. The van der Waals surface area contributed by atoms with Gasteiger partial charge in [0.2, 0.25) is 0 Å². The van der Waals surface area contributed by atoms with E-state index in [9.17, 15) is 4.39 Å². The Morgan fingerprint density at radius 2 is 2.05 bits per heavy atom. The van der Waals surface area contributed by atoms with Crippen molar-refractivity contribution in [3.05, 3.63) is 58.4 Å². The average molecular weight is 277 g/mol. The molecule has 2 aromatic rings. The van der Waals surface area contributed by atoms with Gasteiger partial charge in [-0.25, -0.2) is 4.39 Å². The van der Waals surface area contributed by atoms with Gasteiger partial charge in [-0.3, -0.25) is 0 Å². The number of nitrogens with two attached hydrogens (primary N) is 1. The first-order chi connectivity index (χ1) is 9.08. The molecule has 0 bridgehead atoms. The third-order valence-electron chi connectivity index (χ3n) is 2.44. The van der Waals surface area contributed by atoms with Crippen LogP contribution in [0.25, 0.3) is 0 Å². The van der Waals surface area contributed by atoms with E-state index >= 15 is 0 Å². The van der Waals surface area contributed by atoms with Crippen LogP contribution in [0.3, 0.4) is 0 Å². The Kier molecular flexibility index (Phi) is 3.88. The van der Waals surface area contributed by atoms with E-state index in [-0.39, 0.29) is 12.2 Å². The zero-order valence-corrected chi connectivity index (χ0v) is 10.6. The van der Waals surface area contributed by atoms with Crippen LogP contribution in [-0.4, -0.2) is 0 Å². The smallest absolute Gasteiger partial charge is 0.138 e. The Hall–Kier alpha value is -2.25. The first-order valence-corrected chi connectivity index (χ1v) is 5.83. The third kappa shape index (κ3) is 3.36. The van der Waals surface area contributed by atoms with E-state index in [1.54, 1.807) is 24.3 Å². The summed E-state index contributed by atoms with van der Waals surface area (Å²) in [5, 5.41) is 9.14. The Bertz CT molecular complexity index is 652. The number of anilines is 1. The highest BCUT2D eigenvalue weighted by atomic mass is 35.5. The standard InChI is InChI=1S/C14H10ClFN2O/c15-13-6-12(18)1-2-14(13)19-8-10-3-9(7-17)4-11(16)5-10/h1-6H,8,18H2. The van der Waals surface area contributed by atoms with Crippen molar-refractivity contribution in [1.29, 1.82) is 5.26 Å². The summed E-state index contributed by atoms with van der Waals surface area (Å²) in [5.41, 5.74) is 6.92. The minimum atomic E-state index is -0.471. The summed E-state index contributed by atoms with van der Waals surface area (Å²) in [7, 11) is 0. The van der Waals surface area contributed by atoms with Gasteiger partial charge in [-0.2, -0.15) is 5.26 Å². The van der Waals surface area contributed by atoms with Crippen molar-refractivity contribution in [1.82, 2.24) is 0 Å². The maximum absolute atomic E-state index is 13.2. The van der Waals surface area contributed by atoms with Crippen molar-refractivity contribution in [2.45, 2.75) is 6.61 Å². The molecular weight excluding hydrogens is 267 g/mol. The van der Waals surface area contributed by atoms with Gasteiger partial charge in [-0.1, -0.05) is 11.6 Å². The maximum Gasteiger partial charge on any atom is 0.138 e. The molecule has 0 fully saturated rings. The molecule has 0 saturated carbocycles. The van der Waals surface area contributed by atoms with Crippen LogP contribution in [0.1, 0.15) is 11.1 Å². The van der Waals surface area contributed by atoms with Crippen molar-refractivity contribution >= 4 is 17.3 Å². The molecule has 0 spiro atoms. The lowest BCUT2D eigenvalue weighted by atomic mass is 10.1. The third-order valence-corrected chi connectivity index (χ3v) is 2.73. The summed E-state index contributed by atoms with van der Waals surface area (Å²) in [5.74, 6) is -0.0142. The maximum atomic E-state index is 13.2. The van der Waals surface area contributed by atoms with E-state index < -0.39 is 5.82 Å². The first kappa shape index (κ1) is 13.2. The van der Waals surface area contributed by atoms with Crippen LogP contribution in [0.15, 0.2) is 36.4 Å². The van der Waals surface area contributed by atoms with E-state index in [1.807, 2.05) is 6.07 Å². The van der Waals surface area contributed by atoms with E-state index in [0.29, 0.717) is 22.0 Å². The molecule has 0 atom stereocenters. The normalized spacial score (nSPS) is 9.95. The van der Waals surface area contributed by atoms with E-state index in [0.717, 1.165) is 0 Å². The summed E-state index contributed by atoms with van der Waals surface area (Å²) in [6.07, 6.45) is 0. The molecule has 0 radical (unpaired) electrons. The number of hydrogen-bond donors (Lipinski definition) is 1. The van der Waals surface area contributed by atoms with Gasteiger partial charge < -0.3 is 10.5 Å². The van der Waals surface area contributed by atoms with Gasteiger partial charge in [-0.15, -0.1) is 0 Å². The highest BCUT2D eigenvalue weighted by Gasteiger charge is 2.05. The summed E-state index contributed by atoms with van der Waals surface area (Å²) in [6, 6.07) is 10.8. The molecule has 2 aromatic carbocycles. The largest absolute Gasteiger partial charge is 0.487 e. The molecule has 0 amide bonds. The molecule has 0 heterocycles. The van der Waals surface area contributed by atoms with Gasteiger partial charge >= 0.3 is 0 Å². The minimum absolute atomic E-state index is 0.121. The second-order valence-corrected chi connectivity index (χ2v) is 4.35. The molecule has 0 saturated heterocycles. The Morgan fingerprint density at radius 3 is 2.74 bits per heavy atom. The fourth-order valence-corrected chi connectivity index (χ4v) is 1.84. The predicted octanol–water partition coefficient (Wildman–Crippen LogP) is 3.51. The molecule has 3 nitrogen and oxygen atoms in total. The quantitative estimate of drug-likeness (QED) is 0.873. The summed E-state index contributed by atoms with van der Waals surface area (Å²) in [4.78, 5) is 0. The Morgan fingerprint density at radius 1 is 1.26 bits per heavy atom. The second-order valence-electron chi connectivity index (χ2n) is 3.94. The lowest BCUT2D eigenvalue weighted by molar-refractivity contribution is 0.306. The van der Waals surface area contributed by atoms with Crippen molar-refractivity contribution < 1.29 is 9.13 Å². The molecule has 2 N–H and O–H groups in total. The van der Waals surface area contributed by atoms with Crippen LogP contribution in [0.4, 0.5) is 10.1 Å². The highest BCUT2D eigenvalue weighted by molar-refractivity contribution is 6.32. The minimum Gasteiger partial charge on any atom is -0.487 e. The number of nitrogen functional groups attached to an aromatic ring is 1. The van der Waals surface area contributed by atoms with Crippen molar-refractivity contribution in [2.75, 3.05) is 5.73 Å². The second kappa shape index (κ2) is 5.59. The van der Waals surface area contributed by atoms with Crippen LogP contribution < -0.4 is 10.5 Å². The van der Waals surface area contributed by atoms with Crippen LogP contribution in [0.2, 0.25) is 5.02 Å². The fourth-order valence-electron chi connectivity index (χ4n) is 1.59. The van der Waals surface area contributed by atoms with Crippen LogP contribution in [0.5, 0.6) is 5.75 Å². The summed E-state index contributed by atoms with van der Waals surface area (Å²) in [6.45, 7) is 0.121. The van der Waals surface area contributed by atoms with E-state index in [4.69, 9.17) is 27.3 Å². The summed E-state index contributed by atoms with van der Waals surface area (Å²) >= 11 is 5.95. The van der Waals surface area contributed by atoms with E-state index in [1.165, 1.54) is 12.1 Å². The number of halogens is 2. The molecule has 19 heavy (non-hydrogen) atoms. The number of ether oxygens (including phenoxy) is 1. The summed E-state index contributed by atoms with van der Waals surface area (Å²) < 4.78 is 18.7. The van der Waals surface area contributed by atoms with Gasteiger partial charge in [0.1, 0.15) is 18.2 Å². The van der Waals surface area contributed by atoms with Gasteiger partial charge in [0.25, 0.3) is 0 Å². The monoisotopic (exact) mass is 276 g/mol. The zero-order valence-electron chi connectivity index (χ0n) is 9.86. The zero-order chi connectivity index (χ0) is 13.8. The van der Waals surface area contributed by atoms with Crippen LogP contribution in [0, 0.1) is 17.1 Å². The molecule has 2 rings (SSSR count). The highest BCUT2D eigenvalue weighted by Crippen LogP contribution is 2.27. The van der Waals surface area contributed by atoms with Gasteiger partial charge in [0.15, 0.2) is 0 Å². The first-order valence-electron chi connectivity index (χ1n) is 5.46. The van der Waals surface area contributed by atoms with Gasteiger partial charge in [0.05, 0.1) is 16.7 Å². The lowest BCUT2D eigenvalue weighted by Gasteiger charge is -2.09. The lowest BCUT2D eigenvalue weighted by Crippen LogP contribution is -1.98. The average Bonchev–Trinajstić information content (AvgIpc) is 2.37. The molecule has 0 aliphatic heterocycles. The number of nitriles is 1. The molecule has 0 aromatic heterocycles. The van der Waals surface area contributed by atoms with Crippen molar-refractivity contribution in [3.8, 4) is 11.8 Å². The van der Waals surface area contributed by atoms with Crippen LogP contribution >= 0.6 is 11.6 Å². The molecule has 0 aliphatic carbocycles. The molecule has 0 aliphatic rings. The topological polar surface area (TPSA) is 59.0 Å². The number of rotatable bonds is 3. The molecule has 5 heteroatoms. The predicted molar refractivity (Wildman–Crippen MR) is 71.3 cm³/mol. The van der Waals surface area contributed by atoms with Crippen LogP contribution in [-0.2, 0) is 6.61 Å². The molecule has 0 unspecified atom stereocenters. The Labute approximate surface area is 115 Å². The van der Waals surface area contributed by atoms with Gasteiger partial charge in [-0.05, 0) is 42.0 Å². The van der Waals surface area contributed by atoms with Crippen molar-refractivity contribution in [2.24, 2.45) is 0 Å². The number of hydrogen-bond acceptors (Lipinski definition) is 3.